The van der Waals surface area contributed by atoms with Crippen LogP contribution in [0.1, 0.15) is 24.5 Å². The SMILES string of the molecule is Cc1ccccc1C(C)(CC(=O)O)N1CCOCC1. The van der Waals surface area contributed by atoms with Crippen molar-refractivity contribution in [2.45, 2.75) is 25.8 Å². The molecule has 4 nitrogen and oxygen atoms in total. The van der Waals surface area contributed by atoms with E-state index < -0.39 is 11.5 Å². The predicted molar refractivity (Wildman–Crippen MR) is 73.2 cm³/mol. The Morgan fingerprint density at radius 2 is 2.00 bits per heavy atom. The fraction of sp³-hybridized carbons (Fsp3) is 0.533. The minimum absolute atomic E-state index is 0.109. The molecule has 1 N–H and O–H groups in total. The summed E-state index contributed by atoms with van der Waals surface area (Å²) in [5.41, 5.74) is 1.76. The summed E-state index contributed by atoms with van der Waals surface area (Å²) in [6.07, 6.45) is 0.109. The summed E-state index contributed by atoms with van der Waals surface area (Å²) in [7, 11) is 0. The average molecular weight is 263 g/mol. The highest BCUT2D eigenvalue weighted by atomic mass is 16.5. The van der Waals surface area contributed by atoms with Gasteiger partial charge in [0, 0.05) is 13.1 Å². The zero-order chi connectivity index (χ0) is 13.9. The molecule has 1 unspecified atom stereocenters. The number of ether oxygens (including phenoxy) is 1. The minimum atomic E-state index is -0.766. The molecule has 0 radical (unpaired) electrons. The van der Waals surface area contributed by atoms with E-state index >= 15 is 0 Å². The van der Waals surface area contributed by atoms with Gasteiger partial charge in [0.15, 0.2) is 0 Å². The lowest BCUT2D eigenvalue weighted by Crippen LogP contribution is -2.51. The van der Waals surface area contributed by atoms with Crippen LogP contribution in [0.25, 0.3) is 0 Å². The third kappa shape index (κ3) is 2.96. The van der Waals surface area contributed by atoms with Gasteiger partial charge in [0.2, 0.25) is 0 Å². The van der Waals surface area contributed by atoms with Crippen molar-refractivity contribution in [3.63, 3.8) is 0 Å². The molecule has 4 heteroatoms. The number of benzene rings is 1. The smallest absolute Gasteiger partial charge is 0.305 e. The van der Waals surface area contributed by atoms with Gasteiger partial charge in [-0.2, -0.15) is 0 Å². The van der Waals surface area contributed by atoms with Crippen molar-refractivity contribution >= 4 is 5.97 Å². The van der Waals surface area contributed by atoms with E-state index in [1.807, 2.05) is 38.1 Å². The minimum Gasteiger partial charge on any atom is -0.481 e. The highest BCUT2D eigenvalue weighted by molar-refractivity contribution is 5.69. The average Bonchev–Trinajstić information content (AvgIpc) is 2.39. The van der Waals surface area contributed by atoms with Gasteiger partial charge in [-0.15, -0.1) is 0 Å². The van der Waals surface area contributed by atoms with Crippen molar-refractivity contribution in [3.8, 4) is 0 Å². The normalized spacial score (nSPS) is 19.9. The first-order valence-electron chi connectivity index (χ1n) is 6.65. The molecule has 1 aromatic rings. The third-order valence-corrected chi connectivity index (χ3v) is 3.93. The van der Waals surface area contributed by atoms with Crippen molar-refractivity contribution in [2.75, 3.05) is 26.3 Å². The summed E-state index contributed by atoms with van der Waals surface area (Å²) >= 11 is 0. The van der Waals surface area contributed by atoms with Crippen LogP contribution in [0.4, 0.5) is 0 Å². The monoisotopic (exact) mass is 263 g/mol. The Hall–Kier alpha value is -1.39. The van der Waals surface area contributed by atoms with Crippen LogP contribution < -0.4 is 0 Å². The number of hydrogen-bond donors (Lipinski definition) is 1. The van der Waals surface area contributed by atoms with Crippen LogP contribution in [0.3, 0.4) is 0 Å². The Balaban J connectivity index is 2.38. The molecule has 1 saturated heterocycles. The Morgan fingerprint density at radius 1 is 1.37 bits per heavy atom. The molecule has 0 spiro atoms. The van der Waals surface area contributed by atoms with Gasteiger partial charge in [-0.25, -0.2) is 0 Å². The van der Waals surface area contributed by atoms with Gasteiger partial charge in [-0.1, -0.05) is 24.3 Å². The summed E-state index contributed by atoms with van der Waals surface area (Å²) in [4.78, 5) is 13.5. The molecule has 104 valence electrons. The van der Waals surface area contributed by atoms with E-state index in [1.54, 1.807) is 0 Å². The standard InChI is InChI=1S/C15H21NO3/c1-12-5-3-4-6-13(12)15(2,11-14(17)18)16-7-9-19-10-8-16/h3-6H,7-11H2,1-2H3,(H,17,18). The van der Waals surface area contributed by atoms with Gasteiger partial charge < -0.3 is 9.84 Å². The van der Waals surface area contributed by atoms with Crippen LogP contribution in [-0.4, -0.2) is 42.3 Å². The Kier molecular flexibility index (Phi) is 4.22. The van der Waals surface area contributed by atoms with Crippen molar-refractivity contribution in [1.82, 2.24) is 4.90 Å². The van der Waals surface area contributed by atoms with E-state index in [4.69, 9.17) is 4.74 Å². The predicted octanol–water partition coefficient (Wildman–Crippen LogP) is 2.02. The molecule has 0 aliphatic carbocycles. The van der Waals surface area contributed by atoms with Crippen molar-refractivity contribution in [2.24, 2.45) is 0 Å². The second-order valence-corrected chi connectivity index (χ2v) is 5.26. The van der Waals surface area contributed by atoms with E-state index in [-0.39, 0.29) is 6.42 Å². The lowest BCUT2D eigenvalue weighted by molar-refractivity contribution is -0.141. The molecule has 0 aromatic heterocycles. The molecule has 1 aliphatic rings. The van der Waals surface area contributed by atoms with Gasteiger partial charge in [0.05, 0.1) is 25.2 Å². The Bertz CT molecular complexity index is 454. The number of morpholine rings is 1. The molecule has 0 bridgehead atoms. The summed E-state index contributed by atoms with van der Waals surface area (Å²) in [5, 5.41) is 9.27. The van der Waals surface area contributed by atoms with E-state index in [0.29, 0.717) is 13.2 Å². The van der Waals surface area contributed by atoms with Crippen LogP contribution >= 0.6 is 0 Å². The second-order valence-electron chi connectivity index (χ2n) is 5.26. The van der Waals surface area contributed by atoms with E-state index in [0.717, 1.165) is 24.2 Å². The summed E-state index contributed by atoms with van der Waals surface area (Å²) in [6, 6.07) is 8.03. The number of carboxylic acid groups (broad SMARTS) is 1. The molecule has 1 aliphatic heterocycles. The maximum atomic E-state index is 11.3. The number of aryl methyl sites for hydroxylation is 1. The van der Waals surface area contributed by atoms with Crippen molar-refractivity contribution in [3.05, 3.63) is 35.4 Å². The number of carbonyl (C=O) groups is 1. The van der Waals surface area contributed by atoms with Crippen molar-refractivity contribution in [1.29, 1.82) is 0 Å². The fourth-order valence-corrected chi connectivity index (χ4v) is 2.91. The van der Waals surface area contributed by atoms with Gasteiger partial charge in [0.1, 0.15) is 0 Å². The molecular weight excluding hydrogens is 242 g/mol. The molecule has 19 heavy (non-hydrogen) atoms. The van der Waals surface area contributed by atoms with Gasteiger partial charge in [0.25, 0.3) is 0 Å². The quantitative estimate of drug-likeness (QED) is 0.903. The van der Waals surface area contributed by atoms with E-state index in [9.17, 15) is 9.90 Å². The number of rotatable bonds is 4. The van der Waals surface area contributed by atoms with E-state index in [2.05, 4.69) is 4.90 Å². The van der Waals surface area contributed by atoms with E-state index in [1.165, 1.54) is 0 Å². The largest absolute Gasteiger partial charge is 0.481 e. The van der Waals surface area contributed by atoms with Crippen LogP contribution in [-0.2, 0) is 15.1 Å². The number of hydrogen-bond acceptors (Lipinski definition) is 3. The zero-order valence-corrected chi connectivity index (χ0v) is 11.6. The highest BCUT2D eigenvalue weighted by Gasteiger charge is 2.37. The molecule has 1 heterocycles. The van der Waals surface area contributed by atoms with Gasteiger partial charge >= 0.3 is 5.97 Å². The van der Waals surface area contributed by atoms with Crippen LogP contribution in [0, 0.1) is 6.92 Å². The molecule has 1 atom stereocenters. The van der Waals surface area contributed by atoms with Crippen molar-refractivity contribution < 1.29 is 14.6 Å². The zero-order valence-electron chi connectivity index (χ0n) is 11.6. The maximum absolute atomic E-state index is 11.3. The second kappa shape index (κ2) is 5.72. The first kappa shape index (κ1) is 14.0. The molecule has 1 aromatic carbocycles. The lowest BCUT2D eigenvalue weighted by Gasteiger charge is -2.43. The molecule has 2 rings (SSSR count). The van der Waals surface area contributed by atoms with Gasteiger partial charge in [-0.3, -0.25) is 9.69 Å². The Labute approximate surface area is 114 Å². The molecule has 0 saturated carbocycles. The maximum Gasteiger partial charge on any atom is 0.305 e. The molecule has 1 fully saturated rings. The fourth-order valence-electron chi connectivity index (χ4n) is 2.91. The first-order valence-corrected chi connectivity index (χ1v) is 6.65. The summed E-state index contributed by atoms with van der Waals surface area (Å²) in [5.74, 6) is -0.766. The number of aliphatic carboxylic acids is 1. The van der Waals surface area contributed by atoms with Crippen LogP contribution in [0.15, 0.2) is 24.3 Å². The highest BCUT2D eigenvalue weighted by Crippen LogP contribution is 2.34. The summed E-state index contributed by atoms with van der Waals surface area (Å²) < 4.78 is 5.38. The topological polar surface area (TPSA) is 49.8 Å². The molecular formula is C15H21NO3. The summed E-state index contributed by atoms with van der Waals surface area (Å²) in [6.45, 7) is 6.95. The van der Waals surface area contributed by atoms with Crippen LogP contribution in [0.2, 0.25) is 0 Å². The number of carboxylic acids is 1. The Morgan fingerprint density at radius 3 is 2.58 bits per heavy atom. The number of nitrogens with zero attached hydrogens (tertiary/aromatic N) is 1. The van der Waals surface area contributed by atoms with Crippen LogP contribution in [0.5, 0.6) is 0 Å². The van der Waals surface area contributed by atoms with Gasteiger partial charge in [-0.05, 0) is 25.0 Å². The lowest BCUT2D eigenvalue weighted by atomic mass is 9.83. The molecule has 0 amide bonds. The third-order valence-electron chi connectivity index (χ3n) is 3.93. The first-order chi connectivity index (χ1) is 9.04.